The Kier molecular flexibility index (Phi) is 4.24. The number of rotatable bonds is 4. The van der Waals surface area contributed by atoms with Gasteiger partial charge in [-0.05, 0) is 24.1 Å². The first-order valence-corrected chi connectivity index (χ1v) is 6.25. The third-order valence-electron chi connectivity index (χ3n) is 2.80. The molecule has 18 heavy (non-hydrogen) atoms. The van der Waals surface area contributed by atoms with Crippen molar-refractivity contribution in [3.05, 3.63) is 51.8 Å². The van der Waals surface area contributed by atoms with E-state index in [1.165, 1.54) is 0 Å². The average molecular weight is 285 g/mol. The van der Waals surface area contributed by atoms with E-state index in [0.717, 1.165) is 11.1 Å². The van der Waals surface area contributed by atoms with E-state index >= 15 is 0 Å². The maximum atomic E-state index is 6.15. The number of aryl methyl sites for hydroxylation is 1. The highest BCUT2D eigenvalue weighted by Crippen LogP contribution is 2.28. The first-order chi connectivity index (χ1) is 8.61. The van der Waals surface area contributed by atoms with E-state index in [9.17, 15) is 0 Å². The molecule has 2 rings (SSSR count). The van der Waals surface area contributed by atoms with Crippen LogP contribution >= 0.6 is 23.2 Å². The summed E-state index contributed by atoms with van der Waals surface area (Å²) in [5.74, 6) is 5.59. The standard InChI is InChI=1S/C12H14Cl2N4/c1-18-7-8(6-16-18)12(17-15)5-9-10(13)3-2-4-11(9)14/h2-4,6-7,12,17H,5,15H2,1H3. The first-order valence-electron chi connectivity index (χ1n) is 5.49. The summed E-state index contributed by atoms with van der Waals surface area (Å²) >= 11 is 12.3. The van der Waals surface area contributed by atoms with Crippen molar-refractivity contribution in [2.45, 2.75) is 12.5 Å². The van der Waals surface area contributed by atoms with Crippen LogP contribution in [-0.4, -0.2) is 9.78 Å². The van der Waals surface area contributed by atoms with Crippen molar-refractivity contribution in [1.29, 1.82) is 0 Å². The number of aromatic nitrogens is 2. The van der Waals surface area contributed by atoms with Gasteiger partial charge in [-0.15, -0.1) is 0 Å². The minimum Gasteiger partial charge on any atom is -0.275 e. The van der Waals surface area contributed by atoms with Crippen LogP contribution in [0.15, 0.2) is 30.6 Å². The molecule has 0 aliphatic rings. The molecule has 4 nitrogen and oxygen atoms in total. The van der Waals surface area contributed by atoms with Crippen molar-refractivity contribution in [2.75, 3.05) is 0 Å². The predicted molar refractivity (Wildman–Crippen MR) is 73.4 cm³/mol. The largest absolute Gasteiger partial charge is 0.275 e. The molecule has 0 radical (unpaired) electrons. The number of hydrogen-bond acceptors (Lipinski definition) is 3. The molecule has 0 amide bonds. The quantitative estimate of drug-likeness (QED) is 0.670. The zero-order valence-corrected chi connectivity index (χ0v) is 11.4. The molecule has 0 saturated heterocycles. The van der Waals surface area contributed by atoms with Gasteiger partial charge in [0.05, 0.1) is 12.2 Å². The van der Waals surface area contributed by atoms with Crippen LogP contribution in [-0.2, 0) is 13.5 Å². The Bertz CT molecular complexity index is 518. The topological polar surface area (TPSA) is 55.9 Å². The second-order valence-corrected chi connectivity index (χ2v) is 4.89. The summed E-state index contributed by atoms with van der Waals surface area (Å²) in [6, 6.07) is 5.39. The lowest BCUT2D eigenvalue weighted by atomic mass is 10.0. The van der Waals surface area contributed by atoms with E-state index in [0.29, 0.717) is 16.5 Å². The van der Waals surface area contributed by atoms with Crippen molar-refractivity contribution in [3.8, 4) is 0 Å². The Balaban J connectivity index is 2.26. The van der Waals surface area contributed by atoms with Gasteiger partial charge in [0, 0.05) is 28.9 Å². The molecule has 1 atom stereocenters. The molecular weight excluding hydrogens is 271 g/mol. The lowest BCUT2D eigenvalue weighted by Crippen LogP contribution is -2.29. The Morgan fingerprint density at radius 2 is 2.06 bits per heavy atom. The molecule has 1 aromatic carbocycles. The van der Waals surface area contributed by atoms with Crippen molar-refractivity contribution in [1.82, 2.24) is 15.2 Å². The maximum Gasteiger partial charge on any atom is 0.0538 e. The fraction of sp³-hybridized carbons (Fsp3) is 0.250. The summed E-state index contributed by atoms with van der Waals surface area (Å²) in [6.07, 6.45) is 4.30. The van der Waals surface area contributed by atoms with E-state index in [2.05, 4.69) is 10.5 Å². The molecule has 0 aliphatic carbocycles. The minimum absolute atomic E-state index is 0.0731. The summed E-state index contributed by atoms with van der Waals surface area (Å²) in [4.78, 5) is 0. The third-order valence-corrected chi connectivity index (χ3v) is 3.51. The molecule has 1 aromatic heterocycles. The number of nitrogens with zero attached hydrogens (tertiary/aromatic N) is 2. The Morgan fingerprint density at radius 1 is 1.39 bits per heavy atom. The van der Waals surface area contributed by atoms with Gasteiger partial charge in [-0.2, -0.15) is 5.10 Å². The SMILES string of the molecule is Cn1cc(C(Cc2c(Cl)cccc2Cl)NN)cn1. The summed E-state index contributed by atoms with van der Waals surface area (Å²) in [6.45, 7) is 0. The van der Waals surface area contributed by atoms with E-state index < -0.39 is 0 Å². The molecule has 0 saturated carbocycles. The van der Waals surface area contributed by atoms with Gasteiger partial charge in [-0.3, -0.25) is 16.0 Å². The molecule has 0 aliphatic heterocycles. The second kappa shape index (κ2) is 5.71. The highest BCUT2D eigenvalue weighted by Gasteiger charge is 2.16. The van der Waals surface area contributed by atoms with Gasteiger partial charge in [0.2, 0.25) is 0 Å². The molecule has 2 aromatic rings. The molecule has 3 N–H and O–H groups in total. The monoisotopic (exact) mass is 284 g/mol. The van der Waals surface area contributed by atoms with E-state index in [1.807, 2.05) is 31.4 Å². The lowest BCUT2D eigenvalue weighted by molar-refractivity contribution is 0.551. The van der Waals surface area contributed by atoms with E-state index in [1.54, 1.807) is 10.9 Å². The van der Waals surface area contributed by atoms with Crippen LogP contribution in [0.4, 0.5) is 0 Å². The van der Waals surface area contributed by atoms with Crippen LogP contribution in [0.2, 0.25) is 10.0 Å². The van der Waals surface area contributed by atoms with E-state index in [-0.39, 0.29) is 6.04 Å². The van der Waals surface area contributed by atoms with Crippen LogP contribution in [0.25, 0.3) is 0 Å². The molecule has 1 unspecified atom stereocenters. The fourth-order valence-corrected chi connectivity index (χ4v) is 2.38. The normalized spacial score (nSPS) is 12.7. The van der Waals surface area contributed by atoms with Crippen LogP contribution in [0.5, 0.6) is 0 Å². The molecule has 0 spiro atoms. The van der Waals surface area contributed by atoms with Gasteiger partial charge >= 0.3 is 0 Å². The highest BCUT2D eigenvalue weighted by atomic mass is 35.5. The number of hydrogen-bond donors (Lipinski definition) is 2. The summed E-state index contributed by atoms with van der Waals surface area (Å²) in [5.41, 5.74) is 4.64. The fourth-order valence-electron chi connectivity index (χ4n) is 1.82. The summed E-state index contributed by atoms with van der Waals surface area (Å²) in [5, 5.41) is 5.42. The van der Waals surface area contributed by atoms with Crippen LogP contribution in [0.1, 0.15) is 17.2 Å². The summed E-state index contributed by atoms with van der Waals surface area (Å²) < 4.78 is 1.73. The zero-order chi connectivity index (χ0) is 13.1. The van der Waals surface area contributed by atoms with Crippen LogP contribution in [0.3, 0.4) is 0 Å². The Hall–Kier alpha value is -1.07. The lowest BCUT2D eigenvalue weighted by Gasteiger charge is -2.16. The molecular formula is C12H14Cl2N4. The van der Waals surface area contributed by atoms with Crippen molar-refractivity contribution in [3.63, 3.8) is 0 Å². The molecule has 0 bridgehead atoms. The number of nitrogens with one attached hydrogen (secondary N) is 1. The molecule has 0 fully saturated rings. The molecule has 1 heterocycles. The van der Waals surface area contributed by atoms with Gasteiger partial charge < -0.3 is 0 Å². The van der Waals surface area contributed by atoms with Gasteiger partial charge in [0.15, 0.2) is 0 Å². The second-order valence-electron chi connectivity index (χ2n) is 4.07. The van der Waals surface area contributed by atoms with Crippen molar-refractivity contribution >= 4 is 23.2 Å². The van der Waals surface area contributed by atoms with Crippen molar-refractivity contribution < 1.29 is 0 Å². The Labute approximate surface area is 116 Å². The smallest absolute Gasteiger partial charge is 0.0538 e. The van der Waals surface area contributed by atoms with Crippen LogP contribution < -0.4 is 11.3 Å². The number of benzene rings is 1. The van der Waals surface area contributed by atoms with Gasteiger partial charge in [0.25, 0.3) is 0 Å². The number of halogens is 2. The zero-order valence-electron chi connectivity index (χ0n) is 9.90. The minimum atomic E-state index is -0.0731. The van der Waals surface area contributed by atoms with E-state index in [4.69, 9.17) is 29.0 Å². The maximum absolute atomic E-state index is 6.15. The number of hydrazine groups is 1. The molecule has 6 heteroatoms. The Morgan fingerprint density at radius 3 is 2.56 bits per heavy atom. The van der Waals surface area contributed by atoms with Crippen molar-refractivity contribution in [2.24, 2.45) is 12.9 Å². The third kappa shape index (κ3) is 2.84. The molecule has 96 valence electrons. The average Bonchev–Trinajstić information content (AvgIpc) is 2.76. The first kappa shape index (κ1) is 13.4. The summed E-state index contributed by atoms with van der Waals surface area (Å²) in [7, 11) is 1.86. The van der Waals surface area contributed by atoms with Gasteiger partial charge in [0.1, 0.15) is 0 Å². The van der Waals surface area contributed by atoms with Gasteiger partial charge in [-0.25, -0.2) is 0 Å². The van der Waals surface area contributed by atoms with Crippen LogP contribution in [0, 0.1) is 0 Å². The highest BCUT2D eigenvalue weighted by molar-refractivity contribution is 6.36. The number of nitrogens with two attached hydrogens (primary N) is 1. The van der Waals surface area contributed by atoms with Gasteiger partial charge in [-0.1, -0.05) is 29.3 Å². The predicted octanol–water partition coefficient (Wildman–Crippen LogP) is 2.47.